The summed E-state index contributed by atoms with van der Waals surface area (Å²) in [5.41, 5.74) is 2.51. The zero-order valence-corrected chi connectivity index (χ0v) is 25.0. The van der Waals surface area contributed by atoms with E-state index in [0.29, 0.717) is 23.2 Å². The number of nitrogens with one attached hydrogen (secondary N) is 1. The molecule has 1 unspecified atom stereocenters. The Hall–Kier alpha value is -3.10. The molecular weight excluding hydrogens is 561 g/mol. The molecule has 1 N–H and O–H groups in total. The van der Waals surface area contributed by atoms with Crippen LogP contribution in [0.4, 0.5) is 4.79 Å². The van der Waals surface area contributed by atoms with Gasteiger partial charge in [-0.1, -0.05) is 89.9 Å². The van der Waals surface area contributed by atoms with Gasteiger partial charge >= 0.3 is 6.09 Å². The second-order valence-corrected chi connectivity index (χ2v) is 11.2. The van der Waals surface area contributed by atoms with Crippen molar-refractivity contribution in [2.24, 2.45) is 0 Å². The van der Waals surface area contributed by atoms with E-state index < -0.39 is 12.2 Å². The number of likely N-dealkylation sites (tertiary alicyclic amines) is 1. The highest BCUT2D eigenvalue weighted by atomic mass is 35.5. The normalized spacial score (nSPS) is 15.6. The van der Waals surface area contributed by atoms with E-state index in [2.05, 4.69) is 22.3 Å². The van der Waals surface area contributed by atoms with E-state index in [0.717, 1.165) is 42.6 Å². The average Bonchev–Trinajstić information content (AvgIpc) is 2.98. The first-order valence-corrected chi connectivity index (χ1v) is 14.6. The number of benzene rings is 3. The van der Waals surface area contributed by atoms with E-state index in [4.69, 9.17) is 32.7 Å². The quantitative estimate of drug-likeness (QED) is 0.275. The molecule has 4 rings (SSSR count). The number of carbonyl (C=O) groups is 2. The topological polar surface area (TPSA) is 71.1 Å². The molecule has 0 spiro atoms. The Morgan fingerprint density at radius 2 is 1.63 bits per heavy atom. The second-order valence-electron chi connectivity index (χ2n) is 10.4. The maximum absolute atomic E-state index is 12.7. The third-order valence-corrected chi connectivity index (χ3v) is 8.19. The summed E-state index contributed by atoms with van der Waals surface area (Å²) in [5.74, 6) is -0.0264. The molecule has 0 radical (unpaired) electrons. The standard InChI is InChI=1S/C32H37Cl2N3O4/c1-24(38)35-32(27-11-7-4-8-12-27)15-17-37(18-16-32)19-20-40-30(26-13-14-28(33)29(34)21-26)22-36(2)31(39)41-23-25-9-5-3-6-10-25/h3-14,21,30H,15-20,22-23H2,1-2H3,(H,35,38). The molecule has 3 aromatic rings. The molecule has 41 heavy (non-hydrogen) atoms. The van der Waals surface area contributed by atoms with E-state index in [-0.39, 0.29) is 24.6 Å². The van der Waals surface area contributed by atoms with E-state index in [1.807, 2.05) is 54.6 Å². The highest BCUT2D eigenvalue weighted by Crippen LogP contribution is 2.33. The molecule has 218 valence electrons. The van der Waals surface area contributed by atoms with Crippen molar-refractivity contribution in [3.8, 4) is 0 Å². The monoisotopic (exact) mass is 597 g/mol. The lowest BCUT2D eigenvalue weighted by Crippen LogP contribution is -2.53. The van der Waals surface area contributed by atoms with E-state index in [1.54, 1.807) is 26.1 Å². The number of halogens is 2. The van der Waals surface area contributed by atoms with Crippen LogP contribution in [-0.4, -0.2) is 61.6 Å². The van der Waals surface area contributed by atoms with Crippen LogP contribution in [0.25, 0.3) is 0 Å². The van der Waals surface area contributed by atoms with Crippen LogP contribution in [0.3, 0.4) is 0 Å². The molecule has 0 bridgehead atoms. The fraction of sp³-hybridized carbons (Fsp3) is 0.375. The predicted octanol–water partition coefficient (Wildman–Crippen LogP) is 6.45. The predicted molar refractivity (Wildman–Crippen MR) is 162 cm³/mol. The number of hydrogen-bond donors (Lipinski definition) is 1. The van der Waals surface area contributed by atoms with Crippen molar-refractivity contribution in [1.29, 1.82) is 0 Å². The molecule has 9 heteroatoms. The van der Waals surface area contributed by atoms with Crippen molar-refractivity contribution >= 4 is 35.2 Å². The number of piperidine rings is 1. The Kier molecular flexibility index (Phi) is 11.1. The molecule has 3 aromatic carbocycles. The fourth-order valence-corrected chi connectivity index (χ4v) is 5.49. The molecule has 1 aliphatic heterocycles. The molecule has 1 aliphatic rings. The first-order valence-electron chi connectivity index (χ1n) is 13.8. The third kappa shape index (κ3) is 8.69. The Bertz CT molecular complexity index is 1280. The van der Waals surface area contributed by atoms with Gasteiger partial charge in [0.05, 0.1) is 28.7 Å². The summed E-state index contributed by atoms with van der Waals surface area (Å²) in [4.78, 5) is 28.6. The van der Waals surface area contributed by atoms with Crippen LogP contribution in [-0.2, 0) is 26.4 Å². The number of likely N-dealkylation sites (N-methyl/N-ethyl adjacent to an activating group) is 1. The molecule has 1 atom stereocenters. The summed E-state index contributed by atoms with van der Waals surface area (Å²) in [6.07, 6.45) is 0.756. The Balaban J connectivity index is 1.35. The molecule has 1 fully saturated rings. The largest absolute Gasteiger partial charge is 0.445 e. The summed E-state index contributed by atoms with van der Waals surface area (Å²) >= 11 is 12.5. The number of rotatable bonds is 11. The summed E-state index contributed by atoms with van der Waals surface area (Å²) in [6, 6.07) is 25.1. The van der Waals surface area contributed by atoms with Gasteiger partial charge in [0.25, 0.3) is 0 Å². The second kappa shape index (κ2) is 14.7. The highest BCUT2D eigenvalue weighted by Gasteiger charge is 2.36. The van der Waals surface area contributed by atoms with Crippen molar-refractivity contribution in [2.45, 2.75) is 38.0 Å². The fourth-order valence-electron chi connectivity index (χ4n) is 5.18. The zero-order valence-electron chi connectivity index (χ0n) is 23.5. The van der Waals surface area contributed by atoms with Crippen LogP contribution in [0.2, 0.25) is 10.0 Å². The van der Waals surface area contributed by atoms with Crippen LogP contribution < -0.4 is 5.32 Å². The average molecular weight is 599 g/mol. The van der Waals surface area contributed by atoms with Crippen LogP contribution in [0.1, 0.15) is 42.6 Å². The number of hydrogen-bond acceptors (Lipinski definition) is 5. The Morgan fingerprint density at radius 3 is 2.27 bits per heavy atom. The smallest absolute Gasteiger partial charge is 0.409 e. The lowest BCUT2D eigenvalue weighted by molar-refractivity contribution is -0.121. The summed E-state index contributed by atoms with van der Waals surface area (Å²) in [7, 11) is 1.69. The molecule has 1 heterocycles. The van der Waals surface area contributed by atoms with Gasteiger partial charge in [0.2, 0.25) is 5.91 Å². The minimum absolute atomic E-state index is 0.0264. The zero-order chi connectivity index (χ0) is 29.2. The van der Waals surface area contributed by atoms with Crippen LogP contribution >= 0.6 is 23.2 Å². The van der Waals surface area contributed by atoms with Gasteiger partial charge in [0.1, 0.15) is 12.7 Å². The van der Waals surface area contributed by atoms with Crippen LogP contribution in [0, 0.1) is 0 Å². The van der Waals surface area contributed by atoms with Gasteiger partial charge in [-0.2, -0.15) is 0 Å². The van der Waals surface area contributed by atoms with Crippen LogP contribution in [0.15, 0.2) is 78.9 Å². The lowest BCUT2D eigenvalue weighted by Gasteiger charge is -2.42. The number of ether oxygens (including phenoxy) is 2. The van der Waals surface area contributed by atoms with Gasteiger partial charge in [-0.3, -0.25) is 4.79 Å². The Morgan fingerprint density at radius 1 is 0.976 bits per heavy atom. The molecule has 2 amide bonds. The molecule has 1 saturated heterocycles. The molecule has 7 nitrogen and oxygen atoms in total. The van der Waals surface area contributed by atoms with Gasteiger partial charge in [0.15, 0.2) is 0 Å². The lowest BCUT2D eigenvalue weighted by atomic mass is 9.80. The van der Waals surface area contributed by atoms with Crippen molar-refractivity contribution in [3.05, 3.63) is 106 Å². The van der Waals surface area contributed by atoms with Crippen molar-refractivity contribution in [3.63, 3.8) is 0 Å². The maximum Gasteiger partial charge on any atom is 0.409 e. The number of amides is 2. The van der Waals surface area contributed by atoms with Gasteiger partial charge in [-0.15, -0.1) is 0 Å². The summed E-state index contributed by atoms with van der Waals surface area (Å²) in [6.45, 7) is 4.86. The van der Waals surface area contributed by atoms with Crippen molar-refractivity contribution in [2.75, 3.05) is 39.8 Å². The van der Waals surface area contributed by atoms with E-state index in [1.165, 1.54) is 4.90 Å². The van der Waals surface area contributed by atoms with Crippen molar-refractivity contribution < 1.29 is 19.1 Å². The minimum Gasteiger partial charge on any atom is -0.445 e. The summed E-state index contributed by atoms with van der Waals surface area (Å²) < 4.78 is 11.8. The van der Waals surface area contributed by atoms with E-state index >= 15 is 0 Å². The summed E-state index contributed by atoms with van der Waals surface area (Å²) in [5, 5.41) is 4.11. The Labute approximate surface area is 252 Å². The van der Waals surface area contributed by atoms with Crippen LogP contribution in [0.5, 0.6) is 0 Å². The van der Waals surface area contributed by atoms with Gasteiger partial charge < -0.3 is 24.6 Å². The first-order chi connectivity index (χ1) is 19.8. The molecule has 0 saturated carbocycles. The van der Waals surface area contributed by atoms with Gasteiger partial charge in [-0.25, -0.2) is 4.79 Å². The first kappa shape index (κ1) is 30.8. The van der Waals surface area contributed by atoms with Gasteiger partial charge in [0, 0.05) is 33.6 Å². The van der Waals surface area contributed by atoms with E-state index in [9.17, 15) is 9.59 Å². The number of carbonyl (C=O) groups excluding carboxylic acids is 2. The SMILES string of the molecule is CC(=O)NC1(c2ccccc2)CCN(CCOC(CN(C)C(=O)OCc2ccccc2)c2ccc(Cl)c(Cl)c2)CC1. The molecule has 0 aromatic heterocycles. The highest BCUT2D eigenvalue weighted by molar-refractivity contribution is 6.42. The third-order valence-electron chi connectivity index (χ3n) is 7.45. The molecule has 0 aliphatic carbocycles. The minimum atomic E-state index is -0.436. The maximum atomic E-state index is 12.7. The van der Waals surface area contributed by atoms with Crippen molar-refractivity contribution in [1.82, 2.24) is 15.1 Å². The number of nitrogens with zero attached hydrogens (tertiary/aromatic N) is 2. The molecular formula is C32H37Cl2N3O4. The van der Waals surface area contributed by atoms with Gasteiger partial charge in [-0.05, 0) is 41.7 Å².